The van der Waals surface area contributed by atoms with Crippen molar-refractivity contribution in [2.45, 2.75) is 25.8 Å². The van der Waals surface area contributed by atoms with Crippen LogP contribution in [0.2, 0.25) is 0 Å². The lowest BCUT2D eigenvalue weighted by Gasteiger charge is -2.32. The Kier molecular flexibility index (Phi) is 4.66. The maximum Gasteiger partial charge on any atom is 0.161 e. The van der Waals surface area contributed by atoms with Gasteiger partial charge in [0.15, 0.2) is 11.5 Å². The molecule has 1 fully saturated rings. The molecule has 21 heavy (non-hydrogen) atoms. The van der Waals surface area contributed by atoms with Crippen molar-refractivity contribution >= 4 is 0 Å². The summed E-state index contributed by atoms with van der Waals surface area (Å²) in [5.74, 6) is 2.53. The number of fused-ring (bicyclic) bond motifs is 1. The highest BCUT2D eigenvalue weighted by atomic mass is 16.6. The van der Waals surface area contributed by atoms with Gasteiger partial charge in [-0.2, -0.15) is 0 Å². The van der Waals surface area contributed by atoms with Gasteiger partial charge in [-0.3, -0.25) is 4.90 Å². The second-order valence-corrected chi connectivity index (χ2v) is 6.23. The molecule has 0 spiro atoms. The molecule has 2 aliphatic rings. The maximum atomic E-state index is 5.69. The lowest BCUT2D eigenvalue weighted by atomic mass is 9.97. The molecule has 3 rings (SSSR count). The fourth-order valence-corrected chi connectivity index (χ4v) is 3.22. The third kappa shape index (κ3) is 3.50. The van der Waals surface area contributed by atoms with Crippen molar-refractivity contribution in [3.05, 3.63) is 23.8 Å². The highest BCUT2D eigenvalue weighted by Crippen LogP contribution is 2.34. The van der Waals surface area contributed by atoms with Gasteiger partial charge in [0.05, 0.1) is 0 Å². The van der Waals surface area contributed by atoms with Gasteiger partial charge in [-0.15, -0.1) is 0 Å². The Labute approximate surface area is 127 Å². The van der Waals surface area contributed by atoms with Crippen LogP contribution in [0.1, 0.15) is 31.4 Å². The van der Waals surface area contributed by atoms with Gasteiger partial charge in [-0.1, -0.05) is 6.07 Å². The molecule has 0 radical (unpaired) electrons. The second-order valence-electron chi connectivity index (χ2n) is 6.23. The average molecular weight is 290 g/mol. The number of hydrogen-bond donors (Lipinski definition) is 1. The van der Waals surface area contributed by atoms with Gasteiger partial charge in [0, 0.05) is 12.6 Å². The molecule has 4 nitrogen and oxygen atoms in total. The van der Waals surface area contributed by atoms with E-state index >= 15 is 0 Å². The van der Waals surface area contributed by atoms with Gasteiger partial charge < -0.3 is 14.8 Å². The number of benzene rings is 1. The second kappa shape index (κ2) is 6.67. The van der Waals surface area contributed by atoms with Crippen molar-refractivity contribution in [3.63, 3.8) is 0 Å². The minimum absolute atomic E-state index is 0.391. The first-order valence-corrected chi connectivity index (χ1v) is 8.04. The standard InChI is InChI=1S/C17H26N2O2/c1-13(19(2)12-14-4-3-7-18-11-14)15-5-6-16-17(10-15)21-9-8-20-16/h5-6,10,13-14,18H,3-4,7-9,11-12H2,1-2H3. The van der Waals surface area contributed by atoms with Crippen LogP contribution in [-0.2, 0) is 0 Å². The number of ether oxygens (including phenoxy) is 2. The average Bonchev–Trinajstić information content (AvgIpc) is 2.54. The van der Waals surface area contributed by atoms with Gasteiger partial charge in [0.2, 0.25) is 0 Å². The van der Waals surface area contributed by atoms with Crippen molar-refractivity contribution in [1.29, 1.82) is 0 Å². The fraction of sp³-hybridized carbons (Fsp3) is 0.647. The van der Waals surface area contributed by atoms with Gasteiger partial charge in [-0.25, -0.2) is 0 Å². The van der Waals surface area contributed by atoms with Crippen molar-refractivity contribution in [3.8, 4) is 11.5 Å². The Morgan fingerprint density at radius 1 is 1.29 bits per heavy atom. The highest BCUT2D eigenvalue weighted by molar-refractivity contribution is 5.44. The van der Waals surface area contributed by atoms with Gasteiger partial charge in [0.25, 0.3) is 0 Å². The zero-order valence-corrected chi connectivity index (χ0v) is 13.1. The first kappa shape index (κ1) is 14.7. The summed E-state index contributed by atoms with van der Waals surface area (Å²) in [5, 5.41) is 3.50. The number of nitrogens with one attached hydrogen (secondary N) is 1. The summed E-state index contributed by atoms with van der Waals surface area (Å²) < 4.78 is 11.3. The first-order valence-electron chi connectivity index (χ1n) is 8.04. The van der Waals surface area contributed by atoms with E-state index in [4.69, 9.17) is 9.47 Å². The van der Waals surface area contributed by atoms with E-state index in [0.717, 1.165) is 30.5 Å². The highest BCUT2D eigenvalue weighted by Gasteiger charge is 2.20. The summed E-state index contributed by atoms with van der Waals surface area (Å²) in [6, 6.07) is 6.72. The molecule has 0 aliphatic carbocycles. The normalized spacial score (nSPS) is 23.1. The van der Waals surface area contributed by atoms with Crippen LogP contribution in [-0.4, -0.2) is 44.8 Å². The van der Waals surface area contributed by atoms with Crippen LogP contribution in [0.5, 0.6) is 11.5 Å². The van der Waals surface area contributed by atoms with E-state index in [1.54, 1.807) is 0 Å². The van der Waals surface area contributed by atoms with E-state index in [0.29, 0.717) is 19.3 Å². The van der Waals surface area contributed by atoms with Crippen molar-refractivity contribution in [2.75, 3.05) is 39.9 Å². The smallest absolute Gasteiger partial charge is 0.161 e. The third-order valence-electron chi connectivity index (χ3n) is 4.65. The Bertz CT molecular complexity index is 472. The predicted molar refractivity (Wildman–Crippen MR) is 84.1 cm³/mol. The molecule has 2 atom stereocenters. The SMILES string of the molecule is CC(c1ccc2c(c1)OCCO2)N(C)CC1CCCNC1. The van der Waals surface area contributed by atoms with Crippen LogP contribution in [0, 0.1) is 5.92 Å². The quantitative estimate of drug-likeness (QED) is 0.923. The first-order chi connectivity index (χ1) is 10.2. The summed E-state index contributed by atoms with van der Waals surface area (Å²) in [4.78, 5) is 2.45. The molecule has 2 aliphatic heterocycles. The minimum atomic E-state index is 0.391. The molecule has 2 heterocycles. The third-order valence-corrected chi connectivity index (χ3v) is 4.65. The molecule has 1 N–H and O–H groups in total. The van der Waals surface area contributed by atoms with E-state index in [2.05, 4.69) is 36.3 Å². The zero-order valence-electron chi connectivity index (χ0n) is 13.1. The summed E-state index contributed by atoms with van der Waals surface area (Å²) in [6.07, 6.45) is 2.64. The molecule has 0 amide bonds. The Morgan fingerprint density at radius 3 is 2.86 bits per heavy atom. The van der Waals surface area contributed by atoms with Crippen LogP contribution >= 0.6 is 0 Å². The Morgan fingerprint density at radius 2 is 2.10 bits per heavy atom. The summed E-state index contributed by atoms with van der Waals surface area (Å²) in [6.45, 7) is 7.03. The molecule has 0 saturated carbocycles. The molecule has 0 aromatic heterocycles. The number of piperidine rings is 1. The van der Waals surface area contributed by atoms with Crippen LogP contribution in [0.25, 0.3) is 0 Å². The molecule has 116 valence electrons. The number of hydrogen-bond acceptors (Lipinski definition) is 4. The Hall–Kier alpha value is -1.26. The van der Waals surface area contributed by atoms with Crippen LogP contribution in [0.4, 0.5) is 0 Å². The number of nitrogens with zero attached hydrogens (tertiary/aromatic N) is 1. The molecule has 2 unspecified atom stereocenters. The minimum Gasteiger partial charge on any atom is -0.486 e. The molecular formula is C17H26N2O2. The van der Waals surface area contributed by atoms with Crippen LogP contribution < -0.4 is 14.8 Å². The van der Waals surface area contributed by atoms with Gasteiger partial charge in [0.1, 0.15) is 13.2 Å². The fourth-order valence-electron chi connectivity index (χ4n) is 3.22. The summed E-state index contributed by atoms with van der Waals surface area (Å²) in [7, 11) is 2.22. The lowest BCUT2D eigenvalue weighted by molar-refractivity contribution is 0.169. The van der Waals surface area contributed by atoms with Crippen LogP contribution in [0.3, 0.4) is 0 Å². The topological polar surface area (TPSA) is 33.7 Å². The van der Waals surface area contributed by atoms with E-state index in [1.165, 1.54) is 24.9 Å². The molecule has 1 aromatic carbocycles. The van der Waals surface area contributed by atoms with E-state index < -0.39 is 0 Å². The zero-order chi connectivity index (χ0) is 14.7. The van der Waals surface area contributed by atoms with Crippen LogP contribution in [0.15, 0.2) is 18.2 Å². The maximum absolute atomic E-state index is 5.69. The molecule has 1 saturated heterocycles. The monoisotopic (exact) mass is 290 g/mol. The van der Waals surface area contributed by atoms with Gasteiger partial charge >= 0.3 is 0 Å². The molecule has 4 heteroatoms. The van der Waals surface area contributed by atoms with E-state index in [9.17, 15) is 0 Å². The summed E-state index contributed by atoms with van der Waals surface area (Å²) >= 11 is 0. The van der Waals surface area contributed by atoms with Crippen molar-refractivity contribution < 1.29 is 9.47 Å². The molecular weight excluding hydrogens is 264 g/mol. The van der Waals surface area contributed by atoms with Crippen molar-refractivity contribution in [1.82, 2.24) is 10.2 Å². The predicted octanol–water partition coefficient (Wildman–Crippen LogP) is 2.45. The summed E-state index contributed by atoms with van der Waals surface area (Å²) in [5.41, 5.74) is 1.30. The lowest BCUT2D eigenvalue weighted by Crippen LogP contribution is -2.37. The Balaban J connectivity index is 1.64. The molecule has 1 aromatic rings. The van der Waals surface area contributed by atoms with Gasteiger partial charge in [-0.05, 0) is 63.5 Å². The molecule has 0 bridgehead atoms. The number of rotatable bonds is 4. The van der Waals surface area contributed by atoms with Crippen molar-refractivity contribution in [2.24, 2.45) is 5.92 Å². The van der Waals surface area contributed by atoms with E-state index in [1.807, 2.05) is 6.07 Å². The largest absolute Gasteiger partial charge is 0.486 e. The van der Waals surface area contributed by atoms with E-state index in [-0.39, 0.29) is 0 Å².